The quantitative estimate of drug-likeness (QED) is 0.332. The molecule has 0 saturated heterocycles. The van der Waals surface area contributed by atoms with Gasteiger partial charge in [-0.05, 0) is 40.6 Å². The highest BCUT2D eigenvalue weighted by Crippen LogP contribution is 2.23. The molecule has 5 rings (SSSR count). The van der Waals surface area contributed by atoms with E-state index in [9.17, 15) is 0 Å². The Morgan fingerprint density at radius 2 is 1.53 bits per heavy atom. The molecule has 0 amide bonds. The van der Waals surface area contributed by atoms with Gasteiger partial charge in [-0.2, -0.15) is 0 Å². The minimum atomic E-state index is 0.423. The lowest BCUT2D eigenvalue weighted by atomic mass is 10.1. The van der Waals surface area contributed by atoms with E-state index in [1.165, 1.54) is 16.3 Å². The number of para-hydroxylation sites is 2. The van der Waals surface area contributed by atoms with Crippen LogP contribution in [0.1, 0.15) is 11.4 Å². The van der Waals surface area contributed by atoms with E-state index in [1.807, 2.05) is 36.4 Å². The molecule has 0 aliphatic carbocycles. The van der Waals surface area contributed by atoms with Crippen molar-refractivity contribution in [2.75, 3.05) is 0 Å². The zero-order chi connectivity index (χ0) is 20.2. The van der Waals surface area contributed by atoms with Crippen molar-refractivity contribution in [3.8, 4) is 5.75 Å². The molecule has 3 heteroatoms. The van der Waals surface area contributed by atoms with Gasteiger partial charge in [0.15, 0.2) is 0 Å². The lowest BCUT2D eigenvalue weighted by Gasteiger charge is -2.09. The third kappa shape index (κ3) is 3.83. The van der Waals surface area contributed by atoms with Crippen LogP contribution in [0.15, 0.2) is 103 Å². The summed E-state index contributed by atoms with van der Waals surface area (Å²) in [5.41, 5.74) is 3.30. The van der Waals surface area contributed by atoms with Crippen LogP contribution in [0.2, 0.25) is 0 Å². The van der Waals surface area contributed by atoms with Crippen molar-refractivity contribution in [1.82, 2.24) is 9.55 Å². The molecule has 0 bridgehead atoms. The van der Waals surface area contributed by atoms with Crippen molar-refractivity contribution in [2.45, 2.75) is 13.2 Å². The van der Waals surface area contributed by atoms with Crippen LogP contribution in [-0.4, -0.2) is 9.55 Å². The molecule has 0 saturated carbocycles. The van der Waals surface area contributed by atoms with Gasteiger partial charge in [-0.15, -0.1) is 0 Å². The molecule has 3 nitrogen and oxygen atoms in total. The van der Waals surface area contributed by atoms with Gasteiger partial charge in [-0.3, -0.25) is 0 Å². The van der Waals surface area contributed by atoms with Crippen molar-refractivity contribution in [1.29, 1.82) is 0 Å². The molecule has 0 aliphatic rings. The molecule has 30 heavy (non-hydrogen) atoms. The highest BCUT2D eigenvalue weighted by Gasteiger charge is 2.10. The molecule has 0 aliphatic heterocycles. The summed E-state index contributed by atoms with van der Waals surface area (Å²) in [4.78, 5) is 4.82. The van der Waals surface area contributed by atoms with Gasteiger partial charge in [-0.25, -0.2) is 4.98 Å². The predicted octanol–water partition coefficient (Wildman–Crippen LogP) is 6.48. The first-order valence-corrected chi connectivity index (χ1v) is 10.1. The van der Waals surface area contributed by atoms with Crippen molar-refractivity contribution >= 4 is 27.9 Å². The summed E-state index contributed by atoms with van der Waals surface area (Å²) >= 11 is 0. The maximum absolute atomic E-state index is 6.13. The third-order valence-electron chi connectivity index (χ3n) is 5.22. The van der Waals surface area contributed by atoms with E-state index in [1.54, 1.807) is 0 Å². The monoisotopic (exact) mass is 390 g/mol. The van der Waals surface area contributed by atoms with Gasteiger partial charge in [-0.1, -0.05) is 84.9 Å². The van der Waals surface area contributed by atoms with Gasteiger partial charge < -0.3 is 9.30 Å². The number of hydrogen-bond donors (Lipinski definition) is 0. The van der Waals surface area contributed by atoms with Crippen LogP contribution in [0, 0.1) is 0 Å². The fraction of sp³-hybridized carbons (Fsp3) is 0.0741. The van der Waals surface area contributed by atoms with Crippen LogP contribution in [0.4, 0.5) is 0 Å². The van der Waals surface area contributed by atoms with E-state index >= 15 is 0 Å². The topological polar surface area (TPSA) is 27.1 Å². The summed E-state index contributed by atoms with van der Waals surface area (Å²) in [6.07, 6.45) is 4.31. The number of imidazole rings is 1. The van der Waals surface area contributed by atoms with Crippen LogP contribution in [0.25, 0.3) is 27.9 Å². The van der Waals surface area contributed by atoms with Crippen LogP contribution < -0.4 is 4.74 Å². The summed E-state index contributed by atoms with van der Waals surface area (Å²) in [5, 5.41) is 2.39. The van der Waals surface area contributed by atoms with Crippen molar-refractivity contribution in [3.05, 3.63) is 115 Å². The predicted molar refractivity (Wildman–Crippen MR) is 123 cm³/mol. The van der Waals surface area contributed by atoms with Gasteiger partial charge in [0.25, 0.3) is 0 Å². The first kappa shape index (κ1) is 18.2. The Kier molecular flexibility index (Phi) is 5.01. The van der Waals surface area contributed by atoms with Crippen LogP contribution in [0.3, 0.4) is 0 Å². The maximum Gasteiger partial charge on any atom is 0.148 e. The Morgan fingerprint density at radius 3 is 2.43 bits per heavy atom. The minimum Gasteiger partial charge on any atom is -0.486 e. The Balaban J connectivity index is 1.40. The first-order valence-electron chi connectivity index (χ1n) is 10.1. The van der Waals surface area contributed by atoms with E-state index < -0.39 is 0 Å². The fourth-order valence-corrected chi connectivity index (χ4v) is 3.70. The summed E-state index contributed by atoms with van der Waals surface area (Å²) in [6, 6.07) is 33.1. The number of benzene rings is 4. The Bertz CT molecular complexity index is 1320. The number of ether oxygens (including phenoxy) is 1. The van der Waals surface area contributed by atoms with E-state index in [-0.39, 0.29) is 0 Å². The van der Waals surface area contributed by atoms with Gasteiger partial charge in [0.05, 0.1) is 11.0 Å². The molecule has 0 radical (unpaired) electrons. The number of nitrogens with zero attached hydrogens (tertiary/aromatic N) is 2. The van der Waals surface area contributed by atoms with Gasteiger partial charge >= 0.3 is 0 Å². The zero-order valence-electron chi connectivity index (χ0n) is 16.6. The average molecular weight is 390 g/mol. The standard InChI is InChI=1S/C27H22N2O/c1-2-9-21(10-3-1)11-8-18-29-26-15-7-6-14-25(26)28-27(29)20-30-24-17-16-22-12-4-5-13-23(22)19-24/h1-17,19H,18,20H2/b11-8+. The number of aromatic nitrogens is 2. The molecule has 5 aromatic rings. The SMILES string of the molecule is C(=C\c1ccccc1)/Cn1c(COc2ccc3ccccc3c2)nc2ccccc21. The molecule has 1 aromatic heterocycles. The molecule has 0 unspecified atom stereocenters. The molecule has 4 aromatic carbocycles. The molecule has 0 spiro atoms. The normalized spacial score (nSPS) is 11.5. The van der Waals surface area contributed by atoms with Crippen molar-refractivity contribution < 1.29 is 4.74 Å². The molecule has 0 N–H and O–H groups in total. The number of fused-ring (bicyclic) bond motifs is 2. The molecule has 146 valence electrons. The van der Waals surface area contributed by atoms with Gasteiger partial charge in [0.1, 0.15) is 18.2 Å². The van der Waals surface area contributed by atoms with Crippen molar-refractivity contribution in [2.24, 2.45) is 0 Å². The summed E-state index contributed by atoms with van der Waals surface area (Å²) in [7, 11) is 0. The summed E-state index contributed by atoms with van der Waals surface area (Å²) in [5.74, 6) is 1.77. The zero-order valence-corrected chi connectivity index (χ0v) is 16.6. The van der Waals surface area contributed by atoms with E-state index in [0.29, 0.717) is 6.61 Å². The largest absolute Gasteiger partial charge is 0.486 e. The first-order chi connectivity index (χ1) is 14.9. The lowest BCUT2D eigenvalue weighted by molar-refractivity contribution is 0.292. The number of rotatable bonds is 6. The number of allylic oxidation sites excluding steroid dienone is 1. The molecule has 0 fully saturated rings. The summed E-state index contributed by atoms with van der Waals surface area (Å²) in [6.45, 7) is 1.16. The van der Waals surface area contributed by atoms with Crippen LogP contribution >= 0.6 is 0 Å². The Morgan fingerprint density at radius 1 is 0.767 bits per heavy atom. The van der Waals surface area contributed by atoms with Crippen LogP contribution in [-0.2, 0) is 13.2 Å². The van der Waals surface area contributed by atoms with E-state index in [4.69, 9.17) is 9.72 Å². The maximum atomic E-state index is 6.13. The number of hydrogen-bond acceptors (Lipinski definition) is 2. The van der Waals surface area contributed by atoms with Gasteiger partial charge in [0.2, 0.25) is 0 Å². The Labute approximate surface area is 175 Å². The molecule has 1 heterocycles. The molecular weight excluding hydrogens is 368 g/mol. The highest BCUT2D eigenvalue weighted by molar-refractivity contribution is 5.83. The smallest absolute Gasteiger partial charge is 0.148 e. The van der Waals surface area contributed by atoms with Crippen LogP contribution in [0.5, 0.6) is 5.75 Å². The van der Waals surface area contributed by atoms with Crippen molar-refractivity contribution in [3.63, 3.8) is 0 Å². The van der Waals surface area contributed by atoms with E-state index in [0.717, 1.165) is 29.2 Å². The third-order valence-corrected chi connectivity index (χ3v) is 5.22. The highest BCUT2D eigenvalue weighted by atomic mass is 16.5. The Hall–Kier alpha value is -3.85. The second kappa shape index (κ2) is 8.26. The lowest BCUT2D eigenvalue weighted by Crippen LogP contribution is -2.06. The van der Waals surface area contributed by atoms with E-state index in [2.05, 4.69) is 77.4 Å². The average Bonchev–Trinajstić information content (AvgIpc) is 3.16. The second-order valence-corrected chi connectivity index (χ2v) is 7.24. The minimum absolute atomic E-state index is 0.423. The fourth-order valence-electron chi connectivity index (χ4n) is 3.70. The second-order valence-electron chi connectivity index (χ2n) is 7.24. The van der Waals surface area contributed by atoms with Gasteiger partial charge in [0, 0.05) is 6.54 Å². The molecular formula is C27H22N2O. The molecule has 0 atom stereocenters. The summed E-state index contributed by atoms with van der Waals surface area (Å²) < 4.78 is 8.35.